The Morgan fingerprint density at radius 3 is 0.856 bits per heavy atom. The van der Waals surface area contributed by atoms with Crippen molar-refractivity contribution in [2.45, 2.75) is 13.8 Å². The van der Waals surface area contributed by atoms with E-state index in [1.165, 1.54) is 148 Å². The van der Waals surface area contributed by atoms with E-state index in [1.807, 2.05) is 42.5 Å². The molecule has 0 spiro atoms. The quantitative estimate of drug-likeness (QED) is 0.0130. The van der Waals surface area contributed by atoms with Crippen molar-refractivity contribution in [2.24, 2.45) is 0 Å². The van der Waals surface area contributed by atoms with Gasteiger partial charge in [-0.25, -0.2) is 107 Å². The largest absolute Gasteiger partial charge is 0.319 e. The van der Waals surface area contributed by atoms with Gasteiger partial charge in [-0.3, -0.25) is 48.5 Å². The van der Waals surface area contributed by atoms with E-state index in [2.05, 4.69) is 127 Å². The number of hydrogen-bond acceptors (Lipinski definition) is 27. The van der Waals surface area contributed by atoms with E-state index in [9.17, 15) is 74.8 Å². The normalized spacial score (nSPS) is 10.1. The molecule has 8 amide bonds. The molecule has 0 radical (unpaired) electrons. The lowest BCUT2D eigenvalue weighted by Crippen LogP contribution is -2.13. The molecule has 0 unspecified atom stereocenters. The van der Waals surface area contributed by atoms with Crippen molar-refractivity contribution < 1.29 is 69.6 Å². The van der Waals surface area contributed by atoms with E-state index in [0.717, 1.165) is 53.9 Å². The van der Waals surface area contributed by atoms with Crippen molar-refractivity contribution in [1.29, 1.82) is 0 Å². The number of aryl methyl sites for hydroxylation is 2. The van der Waals surface area contributed by atoms with Crippen LogP contribution in [0.1, 0.15) is 94.3 Å². The highest BCUT2D eigenvalue weighted by molar-refractivity contribution is 6.32. The predicted octanol–water partition coefficient (Wildman–Crippen LogP) is 22.1. The minimum atomic E-state index is -1.13. The second-order valence-corrected chi connectivity index (χ2v) is 31.5. The van der Waals surface area contributed by atoms with Crippen LogP contribution in [0.4, 0.5) is 77.5 Å². The van der Waals surface area contributed by atoms with Gasteiger partial charge in [0.2, 0.25) is 31.7 Å². The SMILES string of the molecule is Cc1cc(C(=O)Nc2cnc(Cl)nc2)ccc1[N+](=O)[O-].Cc1ncc(NC(=O)c2ccc(F)c(F)c2)cn1.O=C(Nc1cnc(Cl)nc1)c1ccc(-c2ccccc2)cc1.O=C(Nc1cnc(Cl)nc1)c1ccc(Cl)cc1.O=C(Nc1cnc(Cl)nc1)c1ccc(Cl)nc1.O=C(Nc1cnc(Cl)nc1)c1ccc(F)cc1.O=C(Nc1cnc(Cl)nc1)c1cccc(Cl)c1.O=C(Nc1cnc(F)nc1)c1ccc(F)c(F)c1. The Labute approximate surface area is 866 Å². The number of benzene rings is 8. The number of nitro groups is 1. The van der Waals surface area contributed by atoms with Crippen LogP contribution in [-0.2, 0) is 0 Å². The molecule has 8 aromatic carbocycles. The second-order valence-electron chi connectivity index (χ2n) is 28.2. The van der Waals surface area contributed by atoms with Crippen molar-refractivity contribution in [3.8, 4) is 11.1 Å². The van der Waals surface area contributed by atoms with Crippen molar-refractivity contribution >= 4 is 203 Å². The van der Waals surface area contributed by atoms with Crippen LogP contribution < -0.4 is 42.5 Å². The molecule has 51 heteroatoms. The molecule has 0 fully saturated rings. The smallest absolute Gasteiger partial charge is 0.308 e. The summed E-state index contributed by atoms with van der Waals surface area (Å²) in [7, 11) is 0. The maximum atomic E-state index is 13.0. The molecule has 9 aromatic heterocycles. The van der Waals surface area contributed by atoms with Gasteiger partial charge in [0, 0.05) is 66.8 Å². The summed E-state index contributed by atoms with van der Waals surface area (Å²) < 4.78 is 76.3. The summed E-state index contributed by atoms with van der Waals surface area (Å²) in [6.07, 6.45) is 22.4. The third-order valence-electron chi connectivity index (χ3n) is 17.7. The summed E-state index contributed by atoms with van der Waals surface area (Å²) in [5.74, 6) is -7.13. The first-order chi connectivity index (χ1) is 69.9. The average molecular weight is 2160 g/mol. The highest BCUT2D eigenvalue weighted by atomic mass is 35.5. The Kier molecular flexibility index (Phi) is 42.5. The molecule has 0 saturated heterocycles. The van der Waals surface area contributed by atoms with E-state index in [4.69, 9.17) is 104 Å². The molecular formula is C95H63Cl9F6N26O10. The summed E-state index contributed by atoms with van der Waals surface area (Å²) in [5, 5.41) is 33.3. The van der Waals surface area contributed by atoms with Gasteiger partial charge in [0.15, 0.2) is 23.3 Å². The van der Waals surface area contributed by atoms with E-state index >= 15 is 0 Å². The predicted molar refractivity (Wildman–Crippen MR) is 536 cm³/mol. The van der Waals surface area contributed by atoms with Crippen LogP contribution in [0.25, 0.3) is 11.1 Å². The topological polar surface area (TPSA) is 495 Å². The molecule has 0 aliphatic heterocycles. The maximum Gasteiger partial charge on any atom is 0.308 e. The molecule has 17 aromatic rings. The van der Waals surface area contributed by atoms with Gasteiger partial charge in [-0.05, 0) is 234 Å². The van der Waals surface area contributed by atoms with Crippen LogP contribution in [-0.4, -0.2) is 137 Å². The van der Waals surface area contributed by atoms with Gasteiger partial charge >= 0.3 is 6.08 Å². The number of carbonyl (C=O) groups excluding carboxylic acids is 8. The first-order valence-electron chi connectivity index (χ1n) is 40.7. The molecule has 36 nitrogen and oxygen atoms in total. The third kappa shape index (κ3) is 37.4. The molecule has 9 heterocycles. The maximum absolute atomic E-state index is 13.0. The molecule has 0 aliphatic carbocycles. The summed E-state index contributed by atoms with van der Waals surface area (Å²) in [6.45, 7) is 3.28. The summed E-state index contributed by atoms with van der Waals surface area (Å²) in [5.41, 5.74) is 8.33. The first kappa shape index (κ1) is 111. The number of pyridine rings is 1. The Hall–Kier alpha value is -17.1. The average Bonchev–Trinajstić information content (AvgIpc) is 0.840. The van der Waals surface area contributed by atoms with Gasteiger partial charge in [0.1, 0.15) is 16.8 Å². The van der Waals surface area contributed by atoms with Crippen LogP contribution in [0.3, 0.4) is 0 Å². The van der Waals surface area contributed by atoms with Crippen molar-refractivity contribution in [2.75, 3.05) is 42.5 Å². The van der Waals surface area contributed by atoms with Crippen LogP contribution >= 0.6 is 104 Å². The zero-order valence-electron chi connectivity index (χ0n) is 74.1. The third-order valence-corrected chi connectivity index (χ3v) is 19.6. The molecule has 0 atom stereocenters. The number of nitro benzene ring substituents is 1. The van der Waals surface area contributed by atoms with Crippen LogP contribution in [0.2, 0.25) is 46.9 Å². The highest BCUT2D eigenvalue weighted by Gasteiger charge is 2.19. The lowest BCUT2D eigenvalue weighted by Gasteiger charge is -2.06. The van der Waals surface area contributed by atoms with Gasteiger partial charge in [0.05, 0.1) is 155 Å². The molecule has 0 bridgehead atoms. The van der Waals surface area contributed by atoms with Crippen LogP contribution in [0.15, 0.2) is 299 Å². The van der Waals surface area contributed by atoms with E-state index < -0.39 is 57.8 Å². The highest BCUT2D eigenvalue weighted by Crippen LogP contribution is 2.25. The molecular weight excluding hydrogens is 2100 g/mol. The summed E-state index contributed by atoms with van der Waals surface area (Å²) in [6, 6.07) is 48.7. The summed E-state index contributed by atoms with van der Waals surface area (Å²) in [4.78, 5) is 168. The Morgan fingerprint density at radius 2 is 0.534 bits per heavy atom. The molecule has 0 saturated carbocycles. The zero-order valence-corrected chi connectivity index (χ0v) is 80.9. The molecule has 738 valence electrons. The first-order valence-corrected chi connectivity index (χ1v) is 44.1. The minimum absolute atomic E-state index is 0.0227. The number of amides is 8. The zero-order chi connectivity index (χ0) is 105. The van der Waals surface area contributed by atoms with Gasteiger partial charge in [-0.15, -0.1) is 0 Å². The fraction of sp³-hybridized carbons (Fsp3) is 0.0211. The Balaban J connectivity index is 0.000000171. The number of carbonyl (C=O) groups is 8. The Bertz CT molecular complexity index is 7030. The molecule has 17 rings (SSSR count). The molecule has 0 aliphatic rings. The van der Waals surface area contributed by atoms with Crippen LogP contribution in [0.5, 0.6) is 0 Å². The van der Waals surface area contributed by atoms with Gasteiger partial charge < -0.3 is 42.5 Å². The Morgan fingerprint density at radius 1 is 0.253 bits per heavy atom. The number of nitrogens with one attached hydrogen (secondary N) is 8. The molecule has 146 heavy (non-hydrogen) atoms. The van der Waals surface area contributed by atoms with Crippen molar-refractivity contribution in [3.63, 3.8) is 0 Å². The van der Waals surface area contributed by atoms with Gasteiger partial charge in [0.25, 0.3) is 52.9 Å². The number of halogens is 15. The number of nitrogens with zero attached hydrogens (tertiary/aromatic N) is 18. The van der Waals surface area contributed by atoms with Gasteiger partial charge in [-0.1, -0.05) is 83.3 Å². The number of anilines is 8. The van der Waals surface area contributed by atoms with Crippen LogP contribution in [0, 0.1) is 59.1 Å². The standard InChI is InChI=1S/C17H12ClN3O.C12H9ClN4O3.C12H9F2N3O.2C11H7Cl2N3O.C11H7ClFN3O.C11H6F3N3O.C10H6Cl2N4O/c18-17-19-10-15(11-20-17)21-16(22)14-8-6-13(7-9-14)12-4-2-1-3-5-12;1-7-4-8(2-3-10(7)17(19)20)11(18)16-9-5-14-12(13)15-6-9;1-7-15-5-9(6-16-7)17-12(18)8-2-3-10(13)11(14)4-8;12-8-3-1-7(2-4-8)10(17)16-9-5-14-11(13)15-6-9;12-8-3-1-2-7(4-8)10(17)16-9-5-14-11(13)15-6-9;12-11-14-5-9(6-15-11)16-10(17)7-1-3-8(13)4-2-7;12-8-2-1-6(3-9(8)13)10(18)17-7-4-15-11(14)16-5-7;11-8-2-1-6(3-13-8)9(17)16-7-4-14-10(12)15-5-7/h1-11H,(H,21,22);2-6H,1H3,(H,16,18);2-6H,1H3,(H,17,18);3*1-6H,(H,16,17);1-5H,(H,17,18);1-5H,(H,16,17). The van der Waals surface area contributed by atoms with E-state index in [0.29, 0.717) is 99.8 Å². The minimum Gasteiger partial charge on any atom is -0.319 e. The van der Waals surface area contributed by atoms with E-state index in [-0.39, 0.29) is 83.7 Å². The van der Waals surface area contributed by atoms with E-state index in [1.54, 1.807) is 80.6 Å². The lowest BCUT2D eigenvalue weighted by atomic mass is 10.0. The summed E-state index contributed by atoms with van der Waals surface area (Å²) >= 11 is 50.4. The van der Waals surface area contributed by atoms with Gasteiger partial charge in [-0.2, -0.15) is 4.39 Å². The fourth-order valence-electron chi connectivity index (χ4n) is 10.8. The fourth-order valence-corrected chi connectivity index (χ4v) is 11.8. The monoisotopic (exact) mass is 2160 g/mol. The lowest BCUT2D eigenvalue weighted by molar-refractivity contribution is -0.385. The van der Waals surface area contributed by atoms with Crippen molar-refractivity contribution in [1.82, 2.24) is 84.7 Å². The molecule has 8 N–H and O–H groups in total. The van der Waals surface area contributed by atoms with Crippen molar-refractivity contribution in [3.05, 3.63) is 448 Å². The number of aromatic nitrogens is 17. The number of rotatable bonds is 18. The second kappa shape index (κ2) is 55.9. The number of hydrogen-bond donors (Lipinski definition) is 8.